The first-order valence-electron chi connectivity index (χ1n) is 7.16. The second kappa shape index (κ2) is 5.81. The summed E-state index contributed by atoms with van der Waals surface area (Å²) in [6, 6.07) is 15.7. The zero-order chi connectivity index (χ0) is 15.6. The average molecular weight is 323 g/mol. The fourth-order valence-corrected chi connectivity index (χ4v) is 3.12. The third kappa shape index (κ3) is 2.93. The van der Waals surface area contributed by atoms with E-state index >= 15 is 0 Å². The number of hydrogen-bond donors (Lipinski definition) is 0. The van der Waals surface area contributed by atoms with Crippen LogP contribution in [0.1, 0.15) is 10.9 Å². The Morgan fingerprint density at radius 2 is 1.87 bits per heavy atom. The van der Waals surface area contributed by atoms with Crippen LogP contribution in [0.15, 0.2) is 53.1 Å². The Hall–Kier alpha value is -2.73. The van der Waals surface area contributed by atoms with Crippen LogP contribution in [0.3, 0.4) is 0 Å². The van der Waals surface area contributed by atoms with Crippen LogP contribution in [-0.4, -0.2) is 15.1 Å². The largest absolute Gasteiger partial charge is 0.486 e. The van der Waals surface area contributed by atoms with Gasteiger partial charge in [-0.3, -0.25) is 0 Å². The van der Waals surface area contributed by atoms with E-state index in [0.717, 1.165) is 21.8 Å². The highest BCUT2D eigenvalue weighted by molar-refractivity contribution is 7.18. The molecular formula is C17H13N3O2S. The number of aryl methyl sites for hydroxylation is 1. The van der Waals surface area contributed by atoms with Gasteiger partial charge in [-0.15, -0.1) is 11.3 Å². The second-order valence-electron chi connectivity index (χ2n) is 5.03. The maximum absolute atomic E-state index is 5.80. The lowest BCUT2D eigenvalue weighted by Crippen LogP contribution is -1.94. The van der Waals surface area contributed by atoms with Gasteiger partial charge in [-0.2, -0.15) is 4.98 Å². The fraction of sp³-hybridized carbons (Fsp3) is 0.118. The molecule has 0 spiro atoms. The summed E-state index contributed by atoms with van der Waals surface area (Å²) in [5.41, 5.74) is 1.91. The van der Waals surface area contributed by atoms with Crippen LogP contribution < -0.4 is 4.74 Å². The molecule has 0 N–H and O–H groups in total. The molecule has 5 nitrogen and oxygen atoms in total. The second-order valence-corrected chi connectivity index (χ2v) is 6.14. The number of benzene rings is 2. The highest BCUT2D eigenvalue weighted by atomic mass is 32.1. The Bertz CT molecular complexity index is 911. The molecule has 0 atom stereocenters. The summed E-state index contributed by atoms with van der Waals surface area (Å²) in [7, 11) is 0. The fourth-order valence-electron chi connectivity index (χ4n) is 2.24. The van der Waals surface area contributed by atoms with E-state index in [0.29, 0.717) is 18.3 Å². The number of hydrogen-bond acceptors (Lipinski definition) is 6. The summed E-state index contributed by atoms with van der Waals surface area (Å²) in [4.78, 5) is 8.76. The Morgan fingerprint density at radius 3 is 2.61 bits per heavy atom. The van der Waals surface area contributed by atoms with E-state index < -0.39 is 0 Å². The zero-order valence-electron chi connectivity index (χ0n) is 12.4. The van der Waals surface area contributed by atoms with Crippen molar-refractivity contribution in [3.63, 3.8) is 0 Å². The molecule has 0 aliphatic rings. The summed E-state index contributed by atoms with van der Waals surface area (Å²) in [5, 5.41) is 4.86. The van der Waals surface area contributed by atoms with Crippen LogP contribution in [0.25, 0.3) is 21.6 Å². The van der Waals surface area contributed by atoms with E-state index in [1.165, 1.54) is 4.70 Å². The van der Waals surface area contributed by atoms with E-state index in [2.05, 4.69) is 21.2 Å². The van der Waals surface area contributed by atoms with Crippen LogP contribution in [0.5, 0.6) is 5.75 Å². The Balaban J connectivity index is 1.46. The van der Waals surface area contributed by atoms with Crippen LogP contribution in [-0.2, 0) is 6.61 Å². The molecule has 0 fully saturated rings. The van der Waals surface area contributed by atoms with Crippen LogP contribution >= 0.6 is 11.3 Å². The number of ether oxygens (including phenoxy) is 1. The summed E-state index contributed by atoms with van der Waals surface area (Å²) >= 11 is 1.65. The van der Waals surface area contributed by atoms with Gasteiger partial charge in [0.15, 0.2) is 0 Å². The number of para-hydroxylation sites is 1. The van der Waals surface area contributed by atoms with E-state index in [4.69, 9.17) is 9.26 Å². The lowest BCUT2D eigenvalue weighted by atomic mass is 10.2. The van der Waals surface area contributed by atoms with Gasteiger partial charge < -0.3 is 9.26 Å². The normalized spacial score (nSPS) is 11.0. The molecule has 0 saturated carbocycles. The lowest BCUT2D eigenvalue weighted by molar-refractivity contribution is 0.306. The first-order valence-corrected chi connectivity index (χ1v) is 7.97. The van der Waals surface area contributed by atoms with E-state index in [-0.39, 0.29) is 0 Å². The van der Waals surface area contributed by atoms with Gasteiger partial charge in [0, 0.05) is 12.5 Å². The molecular weight excluding hydrogens is 310 g/mol. The molecule has 0 bridgehead atoms. The van der Waals surface area contributed by atoms with Gasteiger partial charge >= 0.3 is 0 Å². The number of aromatic nitrogens is 3. The average Bonchev–Trinajstić information content (AvgIpc) is 3.19. The summed E-state index contributed by atoms with van der Waals surface area (Å²) in [6.45, 7) is 2.23. The van der Waals surface area contributed by atoms with E-state index in [9.17, 15) is 0 Å². The van der Waals surface area contributed by atoms with Crippen molar-refractivity contribution < 1.29 is 9.26 Å². The van der Waals surface area contributed by atoms with Crippen molar-refractivity contribution in [3.8, 4) is 17.1 Å². The van der Waals surface area contributed by atoms with Gasteiger partial charge in [-0.25, -0.2) is 4.98 Å². The number of thiazole rings is 1. The van der Waals surface area contributed by atoms with Crippen LogP contribution in [0.4, 0.5) is 0 Å². The number of rotatable bonds is 4. The molecule has 0 aliphatic heterocycles. The third-order valence-electron chi connectivity index (χ3n) is 3.34. The lowest BCUT2D eigenvalue weighted by Gasteiger charge is -2.04. The van der Waals surface area contributed by atoms with Crippen molar-refractivity contribution in [1.29, 1.82) is 0 Å². The maximum atomic E-state index is 5.80. The minimum atomic E-state index is 0.458. The topological polar surface area (TPSA) is 61.0 Å². The number of fused-ring (bicyclic) bond motifs is 1. The van der Waals surface area contributed by atoms with Gasteiger partial charge in [0.2, 0.25) is 11.7 Å². The molecule has 0 unspecified atom stereocenters. The highest BCUT2D eigenvalue weighted by Crippen LogP contribution is 2.24. The van der Waals surface area contributed by atoms with Crippen LogP contribution in [0, 0.1) is 6.92 Å². The van der Waals surface area contributed by atoms with Crippen molar-refractivity contribution in [2.75, 3.05) is 0 Å². The van der Waals surface area contributed by atoms with Crippen molar-refractivity contribution in [1.82, 2.24) is 15.1 Å². The molecule has 4 aromatic rings. The smallest absolute Gasteiger partial charge is 0.223 e. The van der Waals surface area contributed by atoms with Crippen molar-refractivity contribution >= 4 is 21.6 Å². The molecule has 2 heterocycles. The summed E-state index contributed by atoms with van der Waals surface area (Å²) in [5.74, 6) is 1.92. The summed E-state index contributed by atoms with van der Waals surface area (Å²) in [6.07, 6.45) is 0. The molecule has 23 heavy (non-hydrogen) atoms. The van der Waals surface area contributed by atoms with Gasteiger partial charge in [-0.05, 0) is 36.4 Å². The molecule has 2 aromatic carbocycles. The Morgan fingerprint density at radius 1 is 1.04 bits per heavy atom. The maximum Gasteiger partial charge on any atom is 0.223 e. The molecule has 6 heteroatoms. The van der Waals surface area contributed by atoms with Crippen molar-refractivity contribution in [2.45, 2.75) is 13.5 Å². The Labute approximate surface area is 136 Å². The highest BCUT2D eigenvalue weighted by Gasteiger charge is 2.07. The molecule has 4 rings (SSSR count). The molecule has 0 aliphatic carbocycles. The molecule has 0 saturated heterocycles. The van der Waals surface area contributed by atoms with Gasteiger partial charge in [-0.1, -0.05) is 17.3 Å². The van der Waals surface area contributed by atoms with E-state index in [1.807, 2.05) is 42.5 Å². The summed E-state index contributed by atoms with van der Waals surface area (Å²) < 4.78 is 12.0. The predicted octanol–water partition coefficient (Wildman–Crippen LogP) is 4.23. The Kier molecular flexibility index (Phi) is 3.51. The van der Waals surface area contributed by atoms with Gasteiger partial charge in [0.05, 0.1) is 10.2 Å². The monoisotopic (exact) mass is 323 g/mol. The van der Waals surface area contributed by atoms with Crippen LogP contribution in [0.2, 0.25) is 0 Å². The van der Waals surface area contributed by atoms with Gasteiger partial charge in [0.25, 0.3) is 0 Å². The molecule has 2 aromatic heterocycles. The molecule has 0 amide bonds. The molecule has 0 radical (unpaired) electrons. The van der Waals surface area contributed by atoms with Crippen molar-refractivity contribution in [3.05, 3.63) is 59.4 Å². The minimum absolute atomic E-state index is 0.458. The standard InChI is InChI=1S/C17H13N3O2S/c1-11-18-17(20-22-11)12-6-8-13(9-7-12)21-10-16-19-14-4-2-3-5-15(14)23-16/h2-9H,10H2,1H3. The van der Waals surface area contributed by atoms with Crippen molar-refractivity contribution in [2.24, 2.45) is 0 Å². The number of nitrogens with zero attached hydrogens (tertiary/aromatic N) is 3. The SMILES string of the molecule is Cc1nc(-c2ccc(OCc3nc4ccccc4s3)cc2)no1. The third-order valence-corrected chi connectivity index (χ3v) is 4.35. The minimum Gasteiger partial charge on any atom is -0.486 e. The van der Waals surface area contributed by atoms with Gasteiger partial charge in [0.1, 0.15) is 17.4 Å². The quantitative estimate of drug-likeness (QED) is 0.562. The van der Waals surface area contributed by atoms with E-state index in [1.54, 1.807) is 18.3 Å². The first kappa shape index (κ1) is 13.9. The first-order chi connectivity index (χ1) is 11.3. The predicted molar refractivity (Wildman–Crippen MR) is 88.4 cm³/mol. The zero-order valence-corrected chi connectivity index (χ0v) is 13.2. The molecule has 114 valence electrons.